The lowest BCUT2D eigenvalue weighted by Crippen LogP contribution is -2.43. The Balaban J connectivity index is 1.59. The molecule has 1 aliphatic heterocycles. The molecule has 10 heteroatoms. The Morgan fingerprint density at radius 2 is 1.95 bits per heavy atom. The van der Waals surface area contributed by atoms with Crippen LogP contribution in [0.25, 0.3) is 17.0 Å². The fraction of sp³-hybridized carbons (Fsp3) is 0.259. The van der Waals surface area contributed by atoms with Crippen LogP contribution >= 0.6 is 0 Å². The highest BCUT2D eigenvalue weighted by molar-refractivity contribution is 6.08. The molecule has 4 rings (SSSR count). The van der Waals surface area contributed by atoms with Gasteiger partial charge in [-0.3, -0.25) is 4.79 Å². The van der Waals surface area contributed by atoms with Gasteiger partial charge in [0.1, 0.15) is 5.82 Å². The van der Waals surface area contributed by atoms with Crippen molar-refractivity contribution in [3.8, 4) is 17.1 Å². The smallest absolute Gasteiger partial charge is 0.258 e. The third-order valence-electron chi connectivity index (χ3n) is 5.46. The number of rotatable bonds is 8. The highest BCUT2D eigenvalue weighted by Crippen LogP contribution is 2.32. The van der Waals surface area contributed by atoms with E-state index in [-0.39, 0.29) is 18.3 Å². The number of hydrogen-bond acceptors (Lipinski definition) is 8. The van der Waals surface area contributed by atoms with Crippen molar-refractivity contribution >= 4 is 29.2 Å². The molecule has 0 radical (unpaired) electrons. The number of allylic oxidation sites excluding steroid dienone is 1. The molecule has 0 saturated heterocycles. The van der Waals surface area contributed by atoms with Crippen molar-refractivity contribution in [2.24, 2.45) is 5.73 Å². The number of benzene rings is 2. The van der Waals surface area contributed by atoms with E-state index in [4.69, 9.17) is 20.6 Å². The summed E-state index contributed by atoms with van der Waals surface area (Å²) in [5.41, 5.74) is 9.46. The minimum atomic E-state index is -0.592. The largest absolute Gasteiger partial charge is 0.481 e. The van der Waals surface area contributed by atoms with Crippen LogP contribution in [0.2, 0.25) is 0 Å². The van der Waals surface area contributed by atoms with Gasteiger partial charge in [0.15, 0.2) is 24.0 Å². The number of hydrogen-bond donors (Lipinski definition) is 4. The second-order valence-electron chi connectivity index (χ2n) is 9.51. The van der Waals surface area contributed by atoms with Crippen molar-refractivity contribution in [2.75, 3.05) is 11.9 Å². The second-order valence-corrected chi connectivity index (χ2v) is 9.51. The van der Waals surface area contributed by atoms with E-state index in [0.29, 0.717) is 36.0 Å². The summed E-state index contributed by atoms with van der Waals surface area (Å²) >= 11 is 0. The first-order valence-electron chi connectivity index (χ1n) is 11.7. The lowest BCUT2D eigenvalue weighted by molar-refractivity contribution is -0.124. The summed E-state index contributed by atoms with van der Waals surface area (Å²) < 4.78 is 25.5. The third-order valence-corrected chi connectivity index (χ3v) is 5.46. The maximum Gasteiger partial charge on any atom is 0.258 e. The van der Waals surface area contributed by atoms with Crippen LogP contribution in [0.4, 0.5) is 15.9 Å². The van der Waals surface area contributed by atoms with E-state index in [9.17, 15) is 9.18 Å². The number of ether oxygens (including phenoxy) is 2. The quantitative estimate of drug-likeness (QED) is 0.336. The molecule has 1 aliphatic rings. The lowest BCUT2D eigenvalue weighted by Gasteiger charge is -2.20. The molecule has 9 nitrogen and oxygen atoms in total. The van der Waals surface area contributed by atoms with Gasteiger partial charge in [0.2, 0.25) is 0 Å². The predicted molar refractivity (Wildman–Crippen MR) is 140 cm³/mol. The van der Waals surface area contributed by atoms with Crippen molar-refractivity contribution < 1.29 is 18.7 Å². The molecule has 192 valence electrons. The standard InChI is InChI=1S/C27H29FN6O3/c1-27(2,3)34-24(35)15-37-23-10-17(6-9-21(23)28)25-32-22-14-36-13-20(22)26(33-25)31-19-7-4-16(5-8-19)18(11-29)12-30/h4-12,29H,13-15,30H2,1-3H3,(H,34,35)(H,31,32,33)/b18-12+,29-11?. The molecule has 0 spiro atoms. The van der Waals surface area contributed by atoms with Crippen molar-refractivity contribution in [3.05, 3.63) is 71.3 Å². The van der Waals surface area contributed by atoms with Crippen LogP contribution in [0.3, 0.4) is 0 Å². The van der Waals surface area contributed by atoms with Gasteiger partial charge in [-0.1, -0.05) is 12.1 Å². The summed E-state index contributed by atoms with van der Waals surface area (Å²) in [7, 11) is 0. The van der Waals surface area contributed by atoms with Crippen LogP contribution in [0, 0.1) is 11.2 Å². The average Bonchev–Trinajstić information content (AvgIpc) is 3.33. The maximum absolute atomic E-state index is 14.4. The van der Waals surface area contributed by atoms with Crippen molar-refractivity contribution in [3.63, 3.8) is 0 Å². The summed E-state index contributed by atoms with van der Waals surface area (Å²) in [6.07, 6.45) is 2.58. The Morgan fingerprint density at radius 1 is 1.19 bits per heavy atom. The van der Waals surface area contributed by atoms with Crippen LogP contribution in [0.5, 0.6) is 5.75 Å². The van der Waals surface area contributed by atoms with Crippen LogP contribution in [0.1, 0.15) is 37.6 Å². The Labute approximate surface area is 214 Å². The molecule has 2 aromatic carbocycles. The first-order valence-corrected chi connectivity index (χ1v) is 11.7. The molecule has 0 aliphatic carbocycles. The monoisotopic (exact) mass is 504 g/mol. The van der Waals surface area contributed by atoms with E-state index >= 15 is 0 Å². The summed E-state index contributed by atoms with van der Waals surface area (Å²) in [6, 6.07) is 11.7. The number of carbonyl (C=O) groups is 1. The average molecular weight is 505 g/mol. The Kier molecular flexibility index (Phi) is 7.49. The molecular formula is C27H29FN6O3. The summed E-state index contributed by atoms with van der Waals surface area (Å²) in [6.45, 7) is 5.94. The van der Waals surface area contributed by atoms with Crippen molar-refractivity contribution in [2.45, 2.75) is 39.5 Å². The second kappa shape index (κ2) is 10.8. The Hall–Kier alpha value is -4.31. The fourth-order valence-electron chi connectivity index (χ4n) is 3.74. The Bertz CT molecular complexity index is 1350. The lowest BCUT2D eigenvalue weighted by atomic mass is 10.1. The zero-order valence-corrected chi connectivity index (χ0v) is 20.9. The van der Waals surface area contributed by atoms with Crippen molar-refractivity contribution in [1.82, 2.24) is 15.3 Å². The molecule has 0 saturated carbocycles. The first-order chi connectivity index (χ1) is 17.7. The van der Waals surface area contributed by atoms with E-state index in [0.717, 1.165) is 22.5 Å². The predicted octanol–water partition coefficient (Wildman–Crippen LogP) is 4.30. The molecule has 0 fully saturated rings. The van der Waals surface area contributed by atoms with E-state index in [2.05, 4.69) is 20.6 Å². The van der Waals surface area contributed by atoms with Crippen LogP contribution in [-0.2, 0) is 22.7 Å². The highest BCUT2D eigenvalue weighted by Gasteiger charge is 2.22. The van der Waals surface area contributed by atoms with Gasteiger partial charge in [-0.25, -0.2) is 14.4 Å². The molecule has 0 bridgehead atoms. The number of carbonyl (C=O) groups excluding carboxylic acids is 1. The van der Waals surface area contributed by atoms with Crippen LogP contribution < -0.4 is 21.1 Å². The molecule has 37 heavy (non-hydrogen) atoms. The number of nitrogens with two attached hydrogens (primary N) is 1. The van der Waals surface area contributed by atoms with E-state index < -0.39 is 11.4 Å². The molecule has 0 unspecified atom stereocenters. The number of fused-ring (bicyclic) bond motifs is 1. The molecule has 1 aromatic heterocycles. The summed E-state index contributed by atoms with van der Waals surface area (Å²) in [5, 5.41) is 13.5. The first kappa shape index (κ1) is 25.8. The van der Waals surface area contributed by atoms with E-state index in [1.54, 1.807) is 6.07 Å². The van der Waals surface area contributed by atoms with Crippen LogP contribution in [0.15, 0.2) is 48.7 Å². The van der Waals surface area contributed by atoms with Gasteiger partial charge < -0.3 is 31.3 Å². The molecule has 5 N–H and O–H groups in total. The van der Waals surface area contributed by atoms with Gasteiger partial charge >= 0.3 is 0 Å². The zero-order chi connectivity index (χ0) is 26.6. The van der Waals surface area contributed by atoms with Gasteiger partial charge in [0, 0.05) is 40.3 Å². The maximum atomic E-state index is 14.4. The molecule has 1 amide bonds. The zero-order valence-electron chi connectivity index (χ0n) is 20.9. The third kappa shape index (κ3) is 6.28. The number of anilines is 2. The van der Waals surface area contributed by atoms with Gasteiger partial charge in [-0.2, -0.15) is 0 Å². The number of nitrogens with zero attached hydrogens (tertiary/aromatic N) is 2. The number of halogens is 1. The van der Waals surface area contributed by atoms with E-state index in [1.165, 1.54) is 24.5 Å². The number of amides is 1. The van der Waals surface area contributed by atoms with Crippen LogP contribution in [-0.4, -0.2) is 34.2 Å². The summed E-state index contributed by atoms with van der Waals surface area (Å²) in [5.74, 6) is -0.0729. The van der Waals surface area contributed by atoms with Gasteiger partial charge in [-0.15, -0.1) is 0 Å². The molecule has 2 heterocycles. The minimum absolute atomic E-state index is 0.0676. The molecule has 3 aromatic rings. The van der Waals surface area contributed by atoms with E-state index in [1.807, 2.05) is 45.0 Å². The minimum Gasteiger partial charge on any atom is -0.481 e. The molecular weight excluding hydrogens is 475 g/mol. The van der Waals surface area contributed by atoms with Gasteiger partial charge in [-0.05, 0) is 56.7 Å². The highest BCUT2D eigenvalue weighted by atomic mass is 19.1. The molecule has 0 atom stereocenters. The Morgan fingerprint density at radius 3 is 2.62 bits per heavy atom. The topological polar surface area (TPSA) is 135 Å². The van der Waals surface area contributed by atoms with Crippen molar-refractivity contribution in [1.29, 1.82) is 5.41 Å². The summed E-state index contributed by atoms with van der Waals surface area (Å²) in [4.78, 5) is 21.4. The van der Waals surface area contributed by atoms with Gasteiger partial charge in [0.05, 0.1) is 18.9 Å². The SMILES string of the molecule is CC(C)(C)NC(=O)COc1cc(-c2nc3c(c(Nc4ccc(/C(C=N)=C/N)cc4)n2)COC3)ccc1F. The number of nitrogens with one attached hydrogen (secondary N) is 3. The fourth-order valence-corrected chi connectivity index (χ4v) is 3.74. The normalized spacial score (nSPS) is 13.1. The van der Waals surface area contributed by atoms with Gasteiger partial charge in [0.25, 0.3) is 5.91 Å². The number of aromatic nitrogens is 2.